The molecular weight excluding hydrogens is 423 g/mol. The second kappa shape index (κ2) is 8.79. The fraction of sp³-hybridized carbons (Fsp3) is 0.385. The van der Waals surface area contributed by atoms with Crippen molar-refractivity contribution >= 4 is 86.9 Å². The van der Waals surface area contributed by atoms with Crippen LogP contribution in [0, 0.1) is 5.92 Å². The van der Waals surface area contributed by atoms with Crippen molar-refractivity contribution in [1.82, 2.24) is 10.6 Å². The minimum absolute atomic E-state index is 0.120. The first-order chi connectivity index (χ1) is 10.5. The van der Waals surface area contributed by atoms with E-state index in [-0.39, 0.29) is 16.9 Å². The summed E-state index contributed by atoms with van der Waals surface area (Å²) >= 11 is 34.6. The minimum atomic E-state index is -1.81. The molecule has 1 aromatic carbocycles. The predicted molar refractivity (Wildman–Crippen MR) is 103 cm³/mol. The quantitative estimate of drug-likeness (QED) is 0.362. The molecule has 4 nitrogen and oxygen atoms in total. The van der Waals surface area contributed by atoms with E-state index in [1.807, 2.05) is 0 Å². The smallest absolute Gasteiger partial charge is 0.228 e. The lowest BCUT2D eigenvalue weighted by Crippen LogP contribution is -2.56. The lowest BCUT2D eigenvalue weighted by Gasteiger charge is -2.28. The van der Waals surface area contributed by atoms with Crippen molar-refractivity contribution in [2.45, 2.75) is 23.8 Å². The zero-order chi connectivity index (χ0) is 17.8. The number of halogens is 5. The number of rotatable bonds is 4. The van der Waals surface area contributed by atoms with Gasteiger partial charge in [-0.1, -0.05) is 71.9 Å². The maximum absolute atomic E-state index is 11.8. The number of hydrogen-bond acceptors (Lipinski definition) is 2. The summed E-state index contributed by atoms with van der Waals surface area (Å²) in [6, 6.07) is 4.85. The van der Waals surface area contributed by atoms with Crippen molar-refractivity contribution in [1.29, 1.82) is 0 Å². The summed E-state index contributed by atoms with van der Waals surface area (Å²) in [5.41, 5.74) is 0.520. The lowest BCUT2D eigenvalue weighted by atomic mass is 10.2. The van der Waals surface area contributed by atoms with Gasteiger partial charge in [0.15, 0.2) is 5.11 Å². The van der Waals surface area contributed by atoms with Crippen molar-refractivity contribution in [2.75, 3.05) is 5.32 Å². The van der Waals surface area contributed by atoms with Crippen LogP contribution in [0.25, 0.3) is 0 Å². The molecule has 10 heteroatoms. The SMILES string of the molecule is CC(C)C(=O)NC(NC(=S)Nc1ccc(Cl)cc1Cl)C(Cl)(Cl)Cl. The van der Waals surface area contributed by atoms with Gasteiger partial charge in [-0.05, 0) is 30.4 Å². The summed E-state index contributed by atoms with van der Waals surface area (Å²) in [7, 11) is 0. The molecule has 128 valence electrons. The van der Waals surface area contributed by atoms with Crippen LogP contribution < -0.4 is 16.0 Å². The molecule has 0 radical (unpaired) electrons. The average molecular weight is 438 g/mol. The summed E-state index contributed by atoms with van der Waals surface area (Å²) in [6.45, 7) is 3.43. The van der Waals surface area contributed by atoms with Crippen molar-refractivity contribution in [3.05, 3.63) is 28.2 Å². The predicted octanol–water partition coefficient (Wildman–Crippen LogP) is 4.75. The molecule has 0 heterocycles. The maximum Gasteiger partial charge on any atom is 0.228 e. The van der Waals surface area contributed by atoms with Crippen LogP contribution in [0.15, 0.2) is 18.2 Å². The van der Waals surface area contributed by atoms with Gasteiger partial charge in [-0.3, -0.25) is 4.79 Å². The fourth-order valence-corrected chi connectivity index (χ4v) is 2.40. The van der Waals surface area contributed by atoms with Gasteiger partial charge in [0, 0.05) is 10.9 Å². The van der Waals surface area contributed by atoms with Crippen LogP contribution in [-0.2, 0) is 4.79 Å². The normalized spacial score (nSPS) is 12.7. The maximum atomic E-state index is 11.8. The highest BCUT2D eigenvalue weighted by atomic mass is 35.6. The Bertz CT molecular complexity index is 591. The van der Waals surface area contributed by atoms with Gasteiger partial charge >= 0.3 is 0 Å². The van der Waals surface area contributed by atoms with E-state index >= 15 is 0 Å². The molecule has 0 fully saturated rings. The van der Waals surface area contributed by atoms with Crippen LogP contribution in [-0.4, -0.2) is 21.0 Å². The number of hydrogen-bond donors (Lipinski definition) is 3. The van der Waals surface area contributed by atoms with Crippen LogP contribution >= 0.6 is 70.2 Å². The molecule has 1 atom stereocenters. The van der Waals surface area contributed by atoms with E-state index in [1.165, 1.54) is 0 Å². The van der Waals surface area contributed by atoms with Crippen molar-refractivity contribution in [3.63, 3.8) is 0 Å². The second-order valence-corrected chi connectivity index (χ2v) is 8.48. The molecule has 0 saturated carbocycles. The molecule has 0 saturated heterocycles. The number of alkyl halides is 3. The molecule has 1 aromatic rings. The molecule has 23 heavy (non-hydrogen) atoms. The fourth-order valence-electron chi connectivity index (χ4n) is 1.39. The van der Waals surface area contributed by atoms with E-state index in [0.717, 1.165) is 0 Å². The molecule has 0 aromatic heterocycles. The average Bonchev–Trinajstić information content (AvgIpc) is 2.40. The summed E-state index contributed by atoms with van der Waals surface area (Å²) in [6.07, 6.45) is -1.02. The number of carbonyl (C=O) groups excluding carboxylic acids is 1. The Balaban J connectivity index is 2.79. The summed E-state index contributed by atoms with van der Waals surface area (Å²) < 4.78 is -1.81. The molecular formula is C13H14Cl5N3OS. The van der Waals surface area contributed by atoms with Crippen LogP contribution in [0.1, 0.15) is 13.8 Å². The molecule has 0 aliphatic rings. The molecule has 0 aliphatic heterocycles. The van der Waals surface area contributed by atoms with Gasteiger partial charge in [-0.25, -0.2) is 0 Å². The number of carbonyl (C=O) groups is 1. The van der Waals surface area contributed by atoms with Gasteiger partial charge in [0.1, 0.15) is 6.17 Å². The molecule has 0 bridgehead atoms. The number of anilines is 1. The van der Waals surface area contributed by atoms with Crippen LogP contribution in [0.2, 0.25) is 10.0 Å². The number of nitrogens with one attached hydrogen (secondary N) is 3. The van der Waals surface area contributed by atoms with E-state index in [1.54, 1.807) is 32.0 Å². The van der Waals surface area contributed by atoms with E-state index in [4.69, 9.17) is 70.2 Å². The zero-order valence-electron chi connectivity index (χ0n) is 12.1. The standard InChI is InChI=1S/C13H14Cl5N3OS/c1-6(2)10(22)20-11(13(16,17)18)21-12(23)19-9-4-3-7(14)5-8(9)15/h3-6,11H,1-2H3,(H,20,22)(H2,19,21,23). The molecule has 0 aliphatic carbocycles. The molecule has 1 unspecified atom stereocenters. The van der Waals surface area contributed by atoms with E-state index in [2.05, 4.69) is 16.0 Å². The Hall–Kier alpha value is -0.170. The Morgan fingerprint density at radius 2 is 1.78 bits per heavy atom. The van der Waals surface area contributed by atoms with Gasteiger partial charge in [-0.2, -0.15) is 0 Å². The first-order valence-electron chi connectivity index (χ1n) is 6.40. The Morgan fingerprint density at radius 1 is 1.17 bits per heavy atom. The number of amides is 1. The first-order valence-corrected chi connectivity index (χ1v) is 8.70. The zero-order valence-corrected chi connectivity index (χ0v) is 16.7. The molecule has 1 amide bonds. The van der Waals surface area contributed by atoms with Gasteiger partial charge in [0.05, 0.1) is 10.7 Å². The van der Waals surface area contributed by atoms with Crippen LogP contribution in [0.3, 0.4) is 0 Å². The summed E-state index contributed by atoms with van der Waals surface area (Å²) in [4.78, 5) is 11.8. The van der Waals surface area contributed by atoms with E-state index in [0.29, 0.717) is 15.7 Å². The molecule has 1 rings (SSSR count). The Labute approximate surface area is 165 Å². The van der Waals surface area contributed by atoms with Crippen molar-refractivity contribution in [3.8, 4) is 0 Å². The van der Waals surface area contributed by atoms with E-state index in [9.17, 15) is 4.79 Å². The Kier molecular flexibility index (Phi) is 7.98. The third kappa shape index (κ3) is 7.08. The highest BCUT2D eigenvalue weighted by Crippen LogP contribution is 2.30. The monoisotopic (exact) mass is 435 g/mol. The van der Waals surface area contributed by atoms with Gasteiger partial charge in [-0.15, -0.1) is 0 Å². The van der Waals surface area contributed by atoms with Crippen LogP contribution in [0.4, 0.5) is 5.69 Å². The third-order valence-corrected chi connectivity index (χ3v) is 4.02. The topological polar surface area (TPSA) is 53.2 Å². The van der Waals surface area contributed by atoms with Gasteiger partial charge in [0.2, 0.25) is 9.70 Å². The highest BCUT2D eigenvalue weighted by molar-refractivity contribution is 7.80. The summed E-state index contributed by atoms with van der Waals surface area (Å²) in [5.74, 6) is -0.569. The Morgan fingerprint density at radius 3 is 2.26 bits per heavy atom. The van der Waals surface area contributed by atoms with Crippen molar-refractivity contribution in [2.24, 2.45) is 5.92 Å². The van der Waals surface area contributed by atoms with Gasteiger partial charge in [0.25, 0.3) is 0 Å². The van der Waals surface area contributed by atoms with Crippen LogP contribution in [0.5, 0.6) is 0 Å². The third-order valence-electron chi connectivity index (χ3n) is 2.59. The largest absolute Gasteiger partial charge is 0.339 e. The number of benzene rings is 1. The second-order valence-electron chi connectivity index (χ2n) is 4.86. The minimum Gasteiger partial charge on any atom is -0.339 e. The number of thiocarbonyl (C=S) groups is 1. The lowest BCUT2D eigenvalue weighted by molar-refractivity contribution is -0.124. The van der Waals surface area contributed by atoms with E-state index < -0.39 is 9.96 Å². The van der Waals surface area contributed by atoms with Crippen molar-refractivity contribution < 1.29 is 4.79 Å². The molecule has 3 N–H and O–H groups in total. The van der Waals surface area contributed by atoms with Gasteiger partial charge < -0.3 is 16.0 Å². The summed E-state index contributed by atoms with van der Waals surface area (Å²) in [5, 5.41) is 9.13. The molecule has 0 spiro atoms. The first kappa shape index (κ1) is 20.9. The highest BCUT2D eigenvalue weighted by Gasteiger charge is 2.35.